The lowest BCUT2D eigenvalue weighted by Crippen LogP contribution is -2.16. The third-order valence-corrected chi connectivity index (χ3v) is 11.4. The minimum absolute atomic E-state index is 0.0697. The van der Waals surface area contributed by atoms with Crippen LogP contribution in [-0.4, -0.2) is 0 Å². The zero-order valence-corrected chi connectivity index (χ0v) is 28.6. The first-order chi connectivity index (χ1) is 22.2. The van der Waals surface area contributed by atoms with Crippen LogP contribution in [0.1, 0.15) is 111 Å². The van der Waals surface area contributed by atoms with Crippen LogP contribution in [0.5, 0.6) is 0 Å². The van der Waals surface area contributed by atoms with Crippen molar-refractivity contribution in [2.45, 2.75) is 84.5 Å². The van der Waals surface area contributed by atoms with Gasteiger partial charge < -0.3 is 0 Å². The molecule has 0 saturated carbocycles. The maximum Gasteiger partial charge on any atom is 0.0159 e. The number of hydrogen-bond donors (Lipinski definition) is 0. The molecule has 5 aromatic carbocycles. The Morgan fingerprint density at radius 1 is 0.783 bits per heavy atom. The Bertz CT molecular complexity index is 1980. The average Bonchev–Trinajstić information content (AvgIpc) is 3.30. The zero-order valence-electron chi connectivity index (χ0n) is 28.6. The summed E-state index contributed by atoms with van der Waals surface area (Å²) in [5.74, 6) is 1.45. The van der Waals surface area contributed by atoms with Gasteiger partial charge in [0.15, 0.2) is 0 Å². The predicted octanol–water partition coefficient (Wildman–Crippen LogP) is 12.6. The summed E-state index contributed by atoms with van der Waals surface area (Å²) in [6, 6.07) is 37.2. The fourth-order valence-electron chi connectivity index (χ4n) is 8.63. The van der Waals surface area contributed by atoms with Gasteiger partial charge in [0.25, 0.3) is 0 Å². The molecule has 46 heavy (non-hydrogen) atoms. The van der Waals surface area contributed by atoms with Crippen LogP contribution >= 0.6 is 0 Å². The van der Waals surface area contributed by atoms with Crippen molar-refractivity contribution in [2.75, 3.05) is 0 Å². The molecule has 7 rings (SSSR count). The molecule has 3 atom stereocenters. The standard InChI is InChI=1S/C46H48/c1-8-15-38-29(3)24-35-25-32(20-22-40(35)37(38)9-2)26-36-28-44-45(41-19-14-13-18-39(36)41)42-23-21-34(27-43(42)46(44,6)7)31(5)30(4)33-16-11-10-12-17-33/h9-14,16-23,25,27-31H,2,8,15,24,26H2,1,3-7H3. The molecule has 5 aromatic rings. The van der Waals surface area contributed by atoms with Gasteiger partial charge >= 0.3 is 0 Å². The summed E-state index contributed by atoms with van der Waals surface area (Å²) < 4.78 is 0. The van der Waals surface area contributed by atoms with E-state index in [-0.39, 0.29) is 5.41 Å². The monoisotopic (exact) mass is 600 g/mol. The Morgan fingerprint density at radius 3 is 2.22 bits per heavy atom. The van der Waals surface area contributed by atoms with Gasteiger partial charge in [-0.2, -0.15) is 0 Å². The number of fused-ring (bicyclic) bond motifs is 6. The lowest BCUT2D eigenvalue weighted by molar-refractivity contribution is 0.616. The van der Waals surface area contributed by atoms with Gasteiger partial charge in [-0.25, -0.2) is 0 Å². The van der Waals surface area contributed by atoms with Crippen LogP contribution in [0.3, 0.4) is 0 Å². The number of rotatable bonds is 8. The fraction of sp³-hybridized carbons (Fsp3) is 0.304. The normalized spacial score (nSPS) is 17.7. The largest absolute Gasteiger partial charge is 0.0984 e. The van der Waals surface area contributed by atoms with Crippen LogP contribution in [0, 0.1) is 5.92 Å². The van der Waals surface area contributed by atoms with Crippen molar-refractivity contribution in [1.82, 2.24) is 0 Å². The maximum atomic E-state index is 4.22. The molecule has 0 aromatic heterocycles. The van der Waals surface area contributed by atoms with Gasteiger partial charge in [0, 0.05) is 5.41 Å². The minimum atomic E-state index is -0.0697. The molecule has 2 aliphatic rings. The summed E-state index contributed by atoms with van der Waals surface area (Å²) in [6.45, 7) is 18.5. The summed E-state index contributed by atoms with van der Waals surface area (Å²) in [7, 11) is 0. The van der Waals surface area contributed by atoms with Crippen LogP contribution in [0.4, 0.5) is 0 Å². The Hall–Kier alpha value is -4.16. The van der Waals surface area contributed by atoms with Crippen molar-refractivity contribution in [3.05, 3.63) is 160 Å². The third kappa shape index (κ3) is 4.98. The van der Waals surface area contributed by atoms with E-state index in [1.165, 1.54) is 78.4 Å². The SMILES string of the molecule is C=CC1=C(CCC)C(C)Cc2cc(Cc3cc4c(c5ccccc35)-c3ccc(C(C)C(C)c5ccccc5)cc3C4(C)C)ccc21. The molecule has 0 fully saturated rings. The second kappa shape index (κ2) is 11.9. The minimum Gasteiger partial charge on any atom is -0.0984 e. The second-order valence-corrected chi connectivity index (χ2v) is 14.6. The predicted molar refractivity (Wildman–Crippen MR) is 199 cm³/mol. The van der Waals surface area contributed by atoms with Crippen molar-refractivity contribution in [2.24, 2.45) is 5.92 Å². The molecule has 0 amide bonds. The lowest BCUT2D eigenvalue weighted by Gasteiger charge is -2.28. The number of allylic oxidation sites excluding steroid dienone is 3. The lowest BCUT2D eigenvalue weighted by atomic mass is 9.77. The zero-order chi connectivity index (χ0) is 32.2. The van der Waals surface area contributed by atoms with Crippen molar-refractivity contribution >= 4 is 16.3 Å². The van der Waals surface area contributed by atoms with E-state index < -0.39 is 0 Å². The number of hydrogen-bond acceptors (Lipinski definition) is 0. The van der Waals surface area contributed by atoms with Gasteiger partial charge in [-0.1, -0.05) is 163 Å². The van der Waals surface area contributed by atoms with Gasteiger partial charge in [-0.3, -0.25) is 0 Å². The van der Waals surface area contributed by atoms with Crippen LogP contribution in [-0.2, 0) is 18.3 Å². The molecule has 0 aliphatic heterocycles. The number of benzene rings is 5. The van der Waals surface area contributed by atoms with E-state index in [4.69, 9.17) is 0 Å². The first kappa shape index (κ1) is 30.5. The molecule has 0 heteroatoms. The summed E-state index contributed by atoms with van der Waals surface area (Å²) in [6.07, 6.45) is 6.50. The molecule has 3 unspecified atom stereocenters. The van der Waals surface area contributed by atoms with Crippen molar-refractivity contribution < 1.29 is 0 Å². The van der Waals surface area contributed by atoms with Crippen LogP contribution in [0.15, 0.2) is 115 Å². The Labute approximate surface area is 276 Å². The fourth-order valence-corrected chi connectivity index (χ4v) is 8.63. The van der Waals surface area contributed by atoms with Crippen LogP contribution in [0.2, 0.25) is 0 Å². The van der Waals surface area contributed by atoms with Crippen LogP contribution in [0.25, 0.3) is 27.5 Å². The molecular formula is C46H48. The average molecular weight is 601 g/mol. The van der Waals surface area contributed by atoms with Crippen molar-refractivity contribution in [3.63, 3.8) is 0 Å². The summed E-state index contributed by atoms with van der Waals surface area (Å²) in [5.41, 5.74) is 17.2. The Morgan fingerprint density at radius 2 is 1.48 bits per heavy atom. The van der Waals surface area contributed by atoms with Gasteiger partial charge in [-0.05, 0) is 109 Å². The molecule has 232 valence electrons. The first-order valence-electron chi connectivity index (χ1n) is 17.4. The quantitative estimate of drug-likeness (QED) is 0.166. The molecule has 0 saturated heterocycles. The van der Waals surface area contributed by atoms with Gasteiger partial charge in [0.2, 0.25) is 0 Å². The molecule has 0 spiro atoms. The molecule has 0 N–H and O–H groups in total. The highest BCUT2D eigenvalue weighted by atomic mass is 14.4. The maximum absolute atomic E-state index is 4.22. The molecule has 2 aliphatic carbocycles. The summed E-state index contributed by atoms with van der Waals surface area (Å²) in [5, 5.41) is 2.76. The first-order valence-corrected chi connectivity index (χ1v) is 17.4. The van der Waals surface area contributed by atoms with E-state index in [2.05, 4.69) is 151 Å². The van der Waals surface area contributed by atoms with E-state index in [9.17, 15) is 0 Å². The summed E-state index contributed by atoms with van der Waals surface area (Å²) >= 11 is 0. The van der Waals surface area contributed by atoms with Gasteiger partial charge in [0.05, 0.1) is 0 Å². The highest BCUT2D eigenvalue weighted by Crippen LogP contribution is 2.53. The van der Waals surface area contributed by atoms with E-state index >= 15 is 0 Å². The third-order valence-electron chi connectivity index (χ3n) is 11.4. The van der Waals surface area contributed by atoms with E-state index in [1.54, 1.807) is 5.57 Å². The highest BCUT2D eigenvalue weighted by Gasteiger charge is 2.38. The second-order valence-electron chi connectivity index (χ2n) is 14.6. The Kier molecular flexibility index (Phi) is 7.88. The Balaban J connectivity index is 1.28. The molecule has 0 heterocycles. The summed E-state index contributed by atoms with van der Waals surface area (Å²) in [4.78, 5) is 0. The van der Waals surface area contributed by atoms with Crippen molar-refractivity contribution in [1.29, 1.82) is 0 Å². The van der Waals surface area contributed by atoms with E-state index in [0.29, 0.717) is 17.8 Å². The van der Waals surface area contributed by atoms with Gasteiger partial charge in [-0.15, -0.1) is 0 Å². The van der Waals surface area contributed by atoms with Gasteiger partial charge in [0.1, 0.15) is 0 Å². The molecule has 0 bridgehead atoms. The highest BCUT2D eigenvalue weighted by molar-refractivity contribution is 6.04. The van der Waals surface area contributed by atoms with Crippen molar-refractivity contribution in [3.8, 4) is 11.1 Å². The molecule has 0 nitrogen and oxygen atoms in total. The molecular weight excluding hydrogens is 553 g/mol. The topological polar surface area (TPSA) is 0 Å². The van der Waals surface area contributed by atoms with Crippen LogP contribution < -0.4 is 0 Å². The smallest absolute Gasteiger partial charge is 0.0159 e. The van der Waals surface area contributed by atoms with E-state index in [1.807, 2.05) is 0 Å². The molecule has 0 radical (unpaired) electrons. The van der Waals surface area contributed by atoms with E-state index in [0.717, 1.165) is 19.3 Å².